The predicted octanol–water partition coefficient (Wildman–Crippen LogP) is 0.860. The first kappa shape index (κ1) is 16.0. The van der Waals surface area contributed by atoms with Crippen LogP contribution in [0.5, 0.6) is 0 Å². The molecule has 11 nitrogen and oxygen atoms in total. The average Bonchev–Trinajstić information content (AvgIpc) is 3.34. The van der Waals surface area contributed by atoms with Gasteiger partial charge in [0.25, 0.3) is 5.78 Å². The molecule has 26 heavy (non-hydrogen) atoms. The molecule has 0 unspecified atom stereocenters. The quantitative estimate of drug-likeness (QED) is 0.408. The number of hydrogen-bond acceptors (Lipinski definition) is 10. The van der Waals surface area contributed by atoms with Gasteiger partial charge in [0.2, 0.25) is 17.7 Å². The van der Waals surface area contributed by atoms with Crippen LogP contribution >= 0.6 is 0 Å². The molecule has 0 atom stereocenters. The number of nitrogen functional groups attached to an aromatic ring is 1. The van der Waals surface area contributed by atoms with Crippen LogP contribution in [0.2, 0.25) is 0 Å². The SMILES string of the molecule is Cc1cc(CNCCNc2nc(N)n3nc(-c4ccco4)nc3n2)no1. The Morgan fingerprint density at radius 1 is 1.23 bits per heavy atom. The molecule has 0 bridgehead atoms. The second kappa shape index (κ2) is 6.80. The van der Waals surface area contributed by atoms with E-state index < -0.39 is 0 Å². The summed E-state index contributed by atoms with van der Waals surface area (Å²) in [5.74, 6) is 2.65. The van der Waals surface area contributed by atoms with Gasteiger partial charge in [-0.1, -0.05) is 5.16 Å². The third-order valence-corrected chi connectivity index (χ3v) is 3.54. The maximum Gasteiger partial charge on any atom is 0.259 e. The Hall–Kier alpha value is -3.47. The van der Waals surface area contributed by atoms with Crippen LogP contribution in [0.3, 0.4) is 0 Å². The van der Waals surface area contributed by atoms with Crippen molar-refractivity contribution in [3.8, 4) is 11.6 Å². The van der Waals surface area contributed by atoms with Crippen LogP contribution in [0.15, 0.2) is 33.4 Å². The molecule has 134 valence electrons. The zero-order valence-electron chi connectivity index (χ0n) is 14.0. The number of furan rings is 1. The van der Waals surface area contributed by atoms with E-state index in [1.165, 1.54) is 4.52 Å². The lowest BCUT2D eigenvalue weighted by Crippen LogP contribution is -2.23. The number of nitrogens with one attached hydrogen (secondary N) is 2. The summed E-state index contributed by atoms with van der Waals surface area (Å²) < 4.78 is 11.7. The van der Waals surface area contributed by atoms with Gasteiger partial charge in [0, 0.05) is 25.7 Å². The fraction of sp³-hybridized carbons (Fsp3) is 0.267. The van der Waals surface area contributed by atoms with Crippen LogP contribution < -0.4 is 16.4 Å². The highest BCUT2D eigenvalue weighted by Crippen LogP contribution is 2.17. The number of rotatable bonds is 7. The minimum absolute atomic E-state index is 0.189. The van der Waals surface area contributed by atoms with Crippen molar-refractivity contribution < 1.29 is 8.94 Å². The Balaban J connectivity index is 1.37. The van der Waals surface area contributed by atoms with E-state index in [0.29, 0.717) is 42.9 Å². The van der Waals surface area contributed by atoms with Crippen molar-refractivity contribution in [2.24, 2.45) is 0 Å². The Morgan fingerprint density at radius 3 is 2.92 bits per heavy atom. The van der Waals surface area contributed by atoms with Gasteiger partial charge in [0.1, 0.15) is 5.76 Å². The van der Waals surface area contributed by atoms with E-state index in [-0.39, 0.29) is 5.95 Å². The molecule has 4 heterocycles. The summed E-state index contributed by atoms with van der Waals surface area (Å²) in [6.45, 7) is 3.77. The first-order chi connectivity index (χ1) is 12.7. The molecular weight excluding hydrogens is 338 g/mol. The standard InChI is InChI=1S/C15H17N9O2/c1-9-7-10(23-26-9)8-17-4-5-18-14-20-13(16)24-15(21-14)19-12(22-24)11-3-2-6-25-11/h2-3,6-7,17H,4-5,8H2,1H3,(H3,16,18,19,20,21,22). The van der Waals surface area contributed by atoms with E-state index in [1.54, 1.807) is 18.4 Å². The van der Waals surface area contributed by atoms with Crippen molar-refractivity contribution in [2.45, 2.75) is 13.5 Å². The molecule has 0 saturated heterocycles. The van der Waals surface area contributed by atoms with E-state index in [0.717, 1.165) is 11.5 Å². The predicted molar refractivity (Wildman–Crippen MR) is 92.1 cm³/mol. The molecule has 0 amide bonds. The normalized spacial score (nSPS) is 11.3. The van der Waals surface area contributed by atoms with E-state index >= 15 is 0 Å². The van der Waals surface area contributed by atoms with Crippen LogP contribution in [0, 0.1) is 6.92 Å². The molecule has 0 spiro atoms. The third-order valence-electron chi connectivity index (χ3n) is 3.54. The summed E-state index contributed by atoms with van der Waals surface area (Å²) in [6.07, 6.45) is 1.55. The smallest absolute Gasteiger partial charge is 0.259 e. The van der Waals surface area contributed by atoms with Crippen molar-refractivity contribution in [3.63, 3.8) is 0 Å². The van der Waals surface area contributed by atoms with Crippen molar-refractivity contribution >= 4 is 17.7 Å². The van der Waals surface area contributed by atoms with E-state index in [4.69, 9.17) is 14.7 Å². The van der Waals surface area contributed by atoms with Crippen LogP contribution in [-0.4, -0.2) is 42.8 Å². The monoisotopic (exact) mass is 355 g/mol. The van der Waals surface area contributed by atoms with Gasteiger partial charge in [0.15, 0.2) is 5.76 Å². The number of anilines is 2. The zero-order valence-corrected chi connectivity index (χ0v) is 14.0. The van der Waals surface area contributed by atoms with Gasteiger partial charge in [-0.25, -0.2) is 0 Å². The van der Waals surface area contributed by atoms with Gasteiger partial charge >= 0.3 is 0 Å². The largest absolute Gasteiger partial charge is 0.461 e. The number of nitrogens with zero attached hydrogens (tertiary/aromatic N) is 6. The van der Waals surface area contributed by atoms with Gasteiger partial charge in [-0.2, -0.15) is 19.5 Å². The lowest BCUT2D eigenvalue weighted by atomic mass is 10.4. The summed E-state index contributed by atoms with van der Waals surface area (Å²) in [6, 6.07) is 5.41. The number of aryl methyl sites for hydroxylation is 1. The minimum Gasteiger partial charge on any atom is -0.461 e. The molecular formula is C15H17N9O2. The number of hydrogen-bond donors (Lipinski definition) is 3. The molecule has 0 aliphatic heterocycles. The molecule has 0 aliphatic carbocycles. The van der Waals surface area contributed by atoms with Crippen LogP contribution in [0.25, 0.3) is 17.4 Å². The molecule has 0 aliphatic rings. The zero-order chi connectivity index (χ0) is 17.9. The Morgan fingerprint density at radius 2 is 2.15 bits per heavy atom. The fourth-order valence-electron chi connectivity index (χ4n) is 2.38. The van der Waals surface area contributed by atoms with Gasteiger partial charge in [-0.3, -0.25) is 0 Å². The number of fused-ring (bicyclic) bond motifs is 1. The Labute approximate surface area is 147 Å². The molecule has 0 saturated carbocycles. The number of nitrogens with two attached hydrogens (primary N) is 1. The first-order valence-corrected chi connectivity index (χ1v) is 8.00. The Kier molecular flexibility index (Phi) is 4.19. The second-order valence-electron chi connectivity index (χ2n) is 5.56. The van der Waals surface area contributed by atoms with Gasteiger partial charge in [0.05, 0.1) is 12.0 Å². The maximum atomic E-state index is 5.94. The molecule has 4 aromatic heterocycles. The van der Waals surface area contributed by atoms with Gasteiger partial charge in [-0.05, 0) is 19.1 Å². The molecule has 4 aromatic rings. The Bertz CT molecular complexity index is 1010. The van der Waals surface area contributed by atoms with Crippen molar-refractivity contribution in [1.82, 2.24) is 35.0 Å². The first-order valence-electron chi connectivity index (χ1n) is 8.00. The van der Waals surface area contributed by atoms with Crippen LogP contribution in [-0.2, 0) is 6.54 Å². The fourth-order valence-corrected chi connectivity index (χ4v) is 2.38. The van der Waals surface area contributed by atoms with Gasteiger partial charge < -0.3 is 25.3 Å². The average molecular weight is 355 g/mol. The van der Waals surface area contributed by atoms with Crippen molar-refractivity contribution in [3.05, 3.63) is 35.9 Å². The molecule has 11 heteroatoms. The lowest BCUT2D eigenvalue weighted by molar-refractivity contribution is 0.388. The second-order valence-corrected chi connectivity index (χ2v) is 5.56. The molecule has 0 aromatic carbocycles. The van der Waals surface area contributed by atoms with Crippen LogP contribution in [0.1, 0.15) is 11.5 Å². The van der Waals surface area contributed by atoms with Gasteiger partial charge in [-0.15, -0.1) is 5.10 Å². The summed E-state index contributed by atoms with van der Waals surface area (Å²) in [7, 11) is 0. The van der Waals surface area contributed by atoms with E-state index in [2.05, 4.69) is 35.8 Å². The van der Waals surface area contributed by atoms with Crippen molar-refractivity contribution in [2.75, 3.05) is 24.1 Å². The summed E-state index contributed by atoms with van der Waals surface area (Å²) in [4.78, 5) is 12.8. The highest BCUT2D eigenvalue weighted by atomic mass is 16.5. The third kappa shape index (κ3) is 3.32. The maximum absolute atomic E-state index is 5.94. The van der Waals surface area contributed by atoms with E-state index in [1.807, 2.05) is 13.0 Å². The summed E-state index contributed by atoms with van der Waals surface area (Å²) in [5.41, 5.74) is 6.80. The summed E-state index contributed by atoms with van der Waals surface area (Å²) >= 11 is 0. The van der Waals surface area contributed by atoms with Crippen LogP contribution in [0.4, 0.5) is 11.9 Å². The topological polar surface area (TPSA) is 145 Å². The van der Waals surface area contributed by atoms with E-state index in [9.17, 15) is 0 Å². The molecule has 4 rings (SSSR count). The number of aromatic nitrogens is 6. The molecule has 0 fully saturated rings. The highest BCUT2D eigenvalue weighted by Gasteiger charge is 2.13. The molecule has 4 N–H and O–H groups in total. The minimum atomic E-state index is 0.189. The summed E-state index contributed by atoms with van der Waals surface area (Å²) in [5, 5.41) is 14.5. The highest BCUT2D eigenvalue weighted by molar-refractivity contribution is 5.52. The van der Waals surface area contributed by atoms with Crippen molar-refractivity contribution in [1.29, 1.82) is 0 Å². The molecule has 0 radical (unpaired) electrons. The lowest BCUT2D eigenvalue weighted by Gasteiger charge is -2.06.